The van der Waals surface area contributed by atoms with Gasteiger partial charge in [-0.1, -0.05) is 96.8 Å². The summed E-state index contributed by atoms with van der Waals surface area (Å²) in [6.07, 6.45) is 20.5. The SMILES string of the molecule is CCCCCCCCCCCCCCCCCC(=O)O[S-].[Na+]. The van der Waals surface area contributed by atoms with E-state index in [1.54, 1.807) is 0 Å². The van der Waals surface area contributed by atoms with Gasteiger partial charge in [-0.2, -0.15) is 0 Å². The molecule has 0 amide bonds. The Morgan fingerprint density at radius 2 is 1.00 bits per heavy atom. The Morgan fingerprint density at radius 1 is 0.682 bits per heavy atom. The van der Waals surface area contributed by atoms with E-state index in [0.717, 1.165) is 12.8 Å². The molecular weight excluding hydrogens is 303 g/mol. The Labute approximate surface area is 166 Å². The summed E-state index contributed by atoms with van der Waals surface area (Å²) in [5.41, 5.74) is 0. The Balaban J connectivity index is 0. The molecule has 0 unspecified atom stereocenters. The normalized spacial score (nSPS) is 10.3. The minimum Gasteiger partial charge on any atom is -0.615 e. The fraction of sp³-hybridized carbons (Fsp3) is 0.944. The van der Waals surface area contributed by atoms with Gasteiger partial charge in [0.15, 0.2) is 0 Å². The molecule has 0 fully saturated rings. The van der Waals surface area contributed by atoms with E-state index in [9.17, 15) is 4.79 Å². The minimum atomic E-state index is -0.250. The zero-order chi connectivity index (χ0) is 15.6. The summed E-state index contributed by atoms with van der Waals surface area (Å²) in [6.45, 7) is 2.27. The van der Waals surface area contributed by atoms with Crippen molar-refractivity contribution in [3.63, 3.8) is 0 Å². The van der Waals surface area contributed by atoms with Gasteiger partial charge in [0.2, 0.25) is 0 Å². The number of carbonyl (C=O) groups excluding carboxylic acids is 1. The molecule has 0 aliphatic carbocycles. The maximum absolute atomic E-state index is 10.8. The Bertz CT molecular complexity index is 225. The first-order chi connectivity index (χ1) is 10.3. The van der Waals surface area contributed by atoms with Crippen LogP contribution >= 0.6 is 0 Å². The molecule has 0 aromatic carbocycles. The van der Waals surface area contributed by atoms with E-state index in [1.807, 2.05) is 0 Å². The quantitative estimate of drug-likeness (QED) is 0.245. The van der Waals surface area contributed by atoms with Crippen molar-refractivity contribution in [1.29, 1.82) is 0 Å². The largest absolute Gasteiger partial charge is 1.00 e. The molecule has 0 saturated heterocycles. The number of rotatable bonds is 16. The van der Waals surface area contributed by atoms with Crippen LogP contribution in [-0.4, -0.2) is 5.97 Å². The van der Waals surface area contributed by atoms with Crippen LogP contribution in [-0.2, 0) is 21.9 Å². The van der Waals surface area contributed by atoms with Crippen molar-refractivity contribution >= 4 is 18.9 Å². The molecule has 2 nitrogen and oxygen atoms in total. The summed E-state index contributed by atoms with van der Waals surface area (Å²) >= 11 is 4.23. The van der Waals surface area contributed by atoms with Gasteiger partial charge < -0.3 is 17.1 Å². The average molecular weight is 339 g/mol. The van der Waals surface area contributed by atoms with E-state index in [1.165, 1.54) is 83.5 Å². The van der Waals surface area contributed by atoms with Gasteiger partial charge in [0.05, 0.1) is 0 Å². The Kier molecular flexibility index (Phi) is 24.9. The smallest absolute Gasteiger partial charge is 0.615 e. The first kappa shape index (κ1) is 25.1. The minimum absolute atomic E-state index is 0. The molecule has 0 aromatic heterocycles. The summed E-state index contributed by atoms with van der Waals surface area (Å²) in [6, 6.07) is 0. The predicted molar refractivity (Wildman–Crippen MR) is 93.0 cm³/mol. The Hall–Kier alpha value is 0.820. The molecular formula is C18H35NaO2S. The van der Waals surface area contributed by atoms with E-state index in [4.69, 9.17) is 0 Å². The predicted octanol–water partition coefficient (Wildman–Crippen LogP) is 3.26. The molecule has 0 saturated carbocycles. The van der Waals surface area contributed by atoms with Crippen LogP contribution < -0.4 is 29.6 Å². The summed E-state index contributed by atoms with van der Waals surface area (Å²) < 4.78 is 4.21. The summed E-state index contributed by atoms with van der Waals surface area (Å²) in [4.78, 5) is 10.8. The zero-order valence-electron chi connectivity index (χ0n) is 15.0. The number of hydrogen-bond acceptors (Lipinski definition) is 3. The van der Waals surface area contributed by atoms with Crippen LogP contribution in [0.2, 0.25) is 0 Å². The third kappa shape index (κ3) is 20.8. The van der Waals surface area contributed by atoms with Crippen LogP contribution in [0.3, 0.4) is 0 Å². The summed E-state index contributed by atoms with van der Waals surface area (Å²) in [7, 11) is 0. The van der Waals surface area contributed by atoms with Gasteiger partial charge in [-0.15, -0.1) is 0 Å². The van der Waals surface area contributed by atoms with Crippen LogP contribution in [0.1, 0.15) is 110 Å². The molecule has 0 bridgehead atoms. The molecule has 0 radical (unpaired) electrons. The molecule has 0 atom stereocenters. The first-order valence-corrected chi connectivity index (χ1v) is 9.47. The standard InChI is InChI=1S/C18H36O2S.Na/c1-2-3-4-5-6-7-8-9-10-11-12-13-14-15-16-17-18(19)20-21;/h21H,2-17H2,1H3;/q;+1/p-1. The monoisotopic (exact) mass is 338 g/mol. The van der Waals surface area contributed by atoms with Crippen molar-refractivity contribution in [2.45, 2.75) is 110 Å². The molecule has 0 N–H and O–H groups in total. The summed E-state index contributed by atoms with van der Waals surface area (Å²) in [5.74, 6) is -0.250. The van der Waals surface area contributed by atoms with Crippen LogP contribution in [0, 0.1) is 0 Å². The molecule has 0 aromatic rings. The molecule has 22 heavy (non-hydrogen) atoms. The van der Waals surface area contributed by atoms with Crippen molar-refractivity contribution in [2.75, 3.05) is 0 Å². The van der Waals surface area contributed by atoms with Crippen molar-refractivity contribution in [3.8, 4) is 0 Å². The second-order valence-electron chi connectivity index (χ2n) is 6.16. The van der Waals surface area contributed by atoms with E-state index < -0.39 is 0 Å². The molecule has 0 aliphatic rings. The van der Waals surface area contributed by atoms with Crippen LogP contribution in [0.15, 0.2) is 0 Å². The second-order valence-corrected chi connectivity index (χ2v) is 6.32. The van der Waals surface area contributed by atoms with E-state index in [-0.39, 0.29) is 35.5 Å². The summed E-state index contributed by atoms with van der Waals surface area (Å²) in [5, 5.41) is 0. The van der Waals surface area contributed by atoms with Crippen molar-refractivity contribution in [2.24, 2.45) is 0 Å². The third-order valence-electron chi connectivity index (χ3n) is 4.08. The van der Waals surface area contributed by atoms with E-state index in [0.29, 0.717) is 6.42 Å². The number of carbonyl (C=O) groups is 1. The maximum atomic E-state index is 10.8. The molecule has 126 valence electrons. The first-order valence-electron chi connectivity index (χ1n) is 9.14. The van der Waals surface area contributed by atoms with E-state index >= 15 is 0 Å². The van der Waals surface area contributed by atoms with Gasteiger partial charge in [0.25, 0.3) is 5.97 Å². The van der Waals surface area contributed by atoms with Gasteiger partial charge in [0.1, 0.15) is 0 Å². The van der Waals surface area contributed by atoms with Crippen LogP contribution in [0.25, 0.3) is 0 Å². The average Bonchev–Trinajstić information content (AvgIpc) is 2.50. The molecule has 0 aliphatic heterocycles. The van der Waals surface area contributed by atoms with Crippen molar-refractivity contribution < 1.29 is 38.5 Å². The molecule has 0 heterocycles. The molecule has 4 heteroatoms. The van der Waals surface area contributed by atoms with Gasteiger partial charge in [-0.25, -0.2) is 0 Å². The van der Waals surface area contributed by atoms with E-state index in [2.05, 4.69) is 24.0 Å². The molecule has 0 rings (SSSR count). The zero-order valence-corrected chi connectivity index (χ0v) is 17.9. The van der Waals surface area contributed by atoms with Crippen molar-refractivity contribution in [3.05, 3.63) is 0 Å². The third-order valence-corrected chi connectivity index (χ3v) is 4.26. The number of unbranched alkanes of at least 4 members (excludes halogenated alkanes) is 14. The van der Waals surface area contributed by atoms with Gasteiger partial charge in [-0.05, 0) is 6.42 Å². The maximum Gasteiger partial charge on any atom is 1.00 e. The van der Waals surface area contributed by atoms with Gasteiger partial charge in [0, 0.05) is 6.42 Å². The second kappa shape index (κ2) is 21.8. The topological polar surface area (TPSA) is 26.3 Å². The van der Waals surface area contributed by atoms with Gasteiger partial charge >= 0.3 is 29.6 Å². The van der Waals surface area contributed by atoms with Crippen LogP contribution in [0.5, 0.6) is 0 Å². The van der Waals surface area contributed by atoms with Crippen molar-refractivity contribution in [1.82, 2.24) is 0 Å². The molecule has 0 spiro atoms. The fourth-order valence-electron chi connectivity index (χ4n) is 2.68. The Morgan fingerprint density at radius 3 is 1.32 bits per heavy atom. The fourth-order valence-corrected chi connectivity index (χ4v) is 2.77. The van der Waals surface area contributed by atoms with Crippen LogP contribution in [0.4, 0.5) is 0 Å². The number of hydrogen-bond donors (Lipinski definition) is 0. The van der Waals surface area contributed by atoms with Gasteiger partial charge in [-0.3, -0.25) is 4.79 Å².